The summed E-state index contributed by atoms with van der Waals surface area (Å²) in [5.41, 5.74) is 5.00. The lowest BCUT2D eigenvalue weighted by Gasteiger charge is -2.19. The van der Waals surface area contributed by atoms with Gasteiger partial charge < -0.3 is 4.74 Å². The van der Waals surface area contributed by atoms with Crippen LogP contribution >= 0.6 is 11.6 Å². The molecule has 1 atom stereocenters. The van der Waals surface area contributed by atoms with Crippen LogP contribution in [0.1, 0.15) is 32.3 Å². The topological polar surface area (TPSA) is 84.5 Å². The molecule has 6 nitrogen and oxygen atoms in total. The van der Waals surface area contributed by atoms with Gasteiger partial charge in [-0.1, -0.05) is 37.6 Å². The van der Waals surface area contributed by atoms with Crippen LogP contribution in [0.4, 0.5) is 0 Å². The molecule has 2 amide bonds. The molecule has 0 fully saturated rings. The second kappa shape index (κ2) is 8.38. The Morgan fingerprint density at radius 1 is 1.14 bits per heavy atom. The number of esters is 1. The minimum atomic E-state index is -0.609. The molecule has 7 heteroatoms. The first-order valence-electron chi connectivity index (χ1n) is 6.78. The fourth-order valence-electron chi connectivity index (χ4n) is 1.88. The van der Waals surface area contributed by atoms with E-state index in [-0.39, 0.29) is 5.92 Å². The number of carbonyl (C=O) groups excluding carboxylic acids is 3. The lowest BCUT2D eigenvalue weighted by atomic mass is 9.88. The van der Waals surface area contributed by atoms with Gasteiger partial charge in [0, 0.05) is 11.9 Å². The summed E-state index contributed by atoms with van der Waals surface area (Å²) in [6, 6.07) is 6.91. The zero-order valence-electron chi connectivity index (χ0n) is 12.7. The summed E-state index contributed by atoms with van der Waals surface area (Å²) in [5, 5.41) is 0.578. The Bertz CT molecular complexity index is 543. The molecular weight excluding hydrogens is 308 g/mol. The number of hydrogen-bond acceptors (Lipinski definition) is 4. The van der Waals surface area contributed by atoms with E-state index >= 15 is 0 Å². The van der Waals surface area contributed by atoms with E-state index in [0.29, 0.717) is 5.02 Å². The van der Waals surface area contributed by atoms with Crippen LogP contribution in [0.2, 0.25) is 5.02 Å². The van der Waals surface area contributed by atoms with E-state index in [1.165, 1.54) is 6.92 Å². The molecule has 2 N–H and O–H groups in total. The van der Waals surface area contributed by atoms with Gasteiger partial charge in [-0.05, 0) is 23.6 Å². The number of rotatable bonds is 5. The highest BCUT2D eigenvalue weighted by atomic mass is 35.5. The smallest absolute Gasteiger partial charge is 0.314 e. The van der Waals surface area contributed by atoms with Crippen LogP contribution < -0.4 is 10.9 Å². The highest BCUT2D eigenvalue weighted by Crippen LogP contribution is 2.27. The van der Waals surface area contributed by atoms with Crippen LogP contribution in [0, 0.1) is 5.92 Å². The standard InChI is InChI=1S/C15H19ClN2O4/c1-9(2)14(11-4-6-12(16)7-5-11)15(21)22-8-13(20)18-17-10(3)19/h4-7,9,14H,8H2,1-3H3,(H,17,19)(H,18,20)/t14-/m0/s1. The molecule has 22 heavy (non-hydrogen) atoms. The van der Waals surface area contributed by atoms with Crippen LogP contribution in [-0.4, -0.2) is 24.4 Å². The highest BCUT2D eigenvalue weighted by Gasteiger charge is 2.26. The first-order chi connectivity index (χ1) is 10.3. The number of halogens is 1. The number of ether oxygens (including phenoxy) is 1. The van der Waals surface area contributed by atoms with Crippen LogP contribution in [0.5, 0.6) is 0 Å². The van der Waals surface area contributed by atoms with E-state index in [1.807, 2.05) is 13.8 Å². The number of carbonyl (C=O) groups is 3. The molecule has 0 aromatic heterocycles. The van der Waals surface area contributed by atoms with Gasteiger partial charge in [-0.15, -0.1) is 0 Å². The summed E-state index contributed by atoms with van der Waals surface area (Å²) in [4.78, 5) is 34.2. The van der Waals surface area contributed by atoms with Crippen molar-refractivity contribution in [2.45, 2.75) is 26.7 Å². The molecule has 0 spiro atoms. The average Bonchev–Trinajstić information content (AvgIpc) is 2.44. The molecule has 0 saturated carbocycles. The van der Waals surface area contributed by atoms with Gasteiger partial charge >= 0.3 is 5.97 Å². The molecule has 0 unspecified atom stereocenters. The lowest BCUT2D eigenvalue weighted by molar-refractivity contribution is -0.151. The second-order valence-corrected chi connectivity index (χ2v) is 5.55. The fourth-order valence-corrected chi connectivity index (χ4v) is 2.01. The zero-order valence-corrected chi connectivity index (χ0v) is 13.4. The summed E-state index contributed by atoms with van der Waals surface area (Å²) in [6.07, 6.45) is 0. The Kier molecular flexibility index (Phi) is 6.85. The van der Waals surface area contributed by atoms with Crippen molar-refractivity contribution < 1.29 is 19.1 Å². The molecule has 0 radical (unpaired) electrons. The Hall–Kier alpha value is -2.08. The molecule has 0 bridgehead atoms. The Morgan fingerprint density at radius 2 is 1.73 bits per heavy atom. The summed E-state index contributed by atoms with van der Waals surface area (Å²) >= 11 is 5.83. The van der Waals surface area contributed by atoms with Gasteiger partial charge in [-0.3, -0.25) is 25.2 Å². The number of hydrazine groups is 1. The average molecular weight is 327 g/mol. The minimum Gasteiger partial charge on any atom is -0.455 e. The first kappa shape index (κ1) is 18.0. The van der Waals surface area contributed by atoms with E-state index in [2.05, 4.69) is 10.9 Å². The molecule has 1 aromatic carbocycles. The number of amides is 2. The second-order valence-electron chi connectivity index (χ2n) is 5.11. The third-order valence-corrected chi connectivity index (χ3v) is 3.13. The Balaban J connectivity index is 2.64. The van der Waals surface area contributed by atoms with Gasteiger partial charge in [0.1, 0.15) is 0 Å². The Morgan fingerprint density at radius 3 is 2.23 bits per heavy atom. The van der Waals surface area contributed by atoms with E-state index in [1.54, 1.807) is 24.3 Å². The summed E-state index contributed by atoms with van der Waals surface area (Å²) in [5.74, 6) is -2.03. The van der Waals surface area contributed by atoms with Crippen LogP contribution in [0.25, 0.3) is 0 Å². The predicted molar refractivity (Wildman–Crippen MR) is 81.9 cm³/mol. The summed E-state index contributed by atoms with van der Waals surface area (Å²) < 4.78 is 5.01. The van der Waals surface area contributed by atoms with Gasteiger partial charge in [-0.2, -0.15) is 0 Å². The molecule has 0 saturated heterocycles. The minimum absolute atomic E-state index is 0.00733. The van der Waals surface area contributed by atoms with Gasteiger partial charge in [0.2, 0.25) is 5.91 Å². The molecule has 0 aliphatic heterocycles. The van der Waals surface area contributed by atoms with Crippen molar-refractivity contribution in [2.75, 3.05) is 6.61 Å². The number of nitrogens with one attached hydrogen (secondary N) is 2. The summed E-state index contributed by atoms with van der Waals surface area (Å²) in [6.45, 7) is 4.56. The lowest BCUT2D eigenvalue weighted by Crippen LogP contribution is -2.42. The summed E-state index contributed by atoms with van der Waals surface area (Å²) in [7, 11) is 0. The molecule has 1 aromatic rings. The molecular formula is C15H19ClN2O4. The highest BCUT2D eigenvalue weighted by molar-refractivity contribution is 6.30. The van der Waals surface area contributed by atoms with E-state index in [0.717, 1.165) is 5.56 Å². The predicted octanol–water partition coefficient (Wildman–Crippen LogP) is 1.79. The zero-order chi connectivity index (χ0) is 16.7. The van der Waals surface area contributed by atoms with E-state index in [4.69, 9.17) is 16.3 Å². The molecule has 0 aliphatic carbocycles. The molecule has 0 aliphatic rings. The number of hydrogen-bond donors (Lipinski definition) is 2. The van der Waals surface area contributed by atoms with Gasteiger partial charge in [0.05, 0.1) is 5.92 Å². The van der Waals surface area contributed by atoms with Gasteiger partial charge in [-0.25, -0.2) is 0 Å². The molecule has 1 rings (SSSR count). The van der Waals surface area contributed by atoms with Crippen molar-refractivity contribution in [3.63, 3.8) is 0 Å². The van der Waals surface area contributed by atoms with Gasteiger partial charge in [0.25, 0.3) is 5.91 Å². The van der Waals surface area contributed by atoms with E-state index in [9.17, 15) is 14.4 Å². The van der Waals surface area contributed by atoms with E-state index < -0.39 is 30.3 Å². The number of benzene rings is 1. The van der Waals surface area contributed by atoms with Crippen molar-refractivity contribution in [1.29, 1.82) is 0 Å². The SMILES string of the molecule is CC(=O)NNC(=O)COC(=O)[C@H](c1ccc(Cl)cc1)C(C)C. The van der Waals surface area contributed by atoms with Crippen LogP contribution in [-0.2, 0) is 19.1 Å². The quantitative estimate of drug-likeness (QED) is 0.638. The third kappa shape index (κ3) is 5.73. The maximum absolute atomic E-state index is 12.2. The first-order valence-corrected chi connectivity index (χ1v) is 7.16. The van der Waals surface area contributed by atoms with Crippen LogP contribution in [0.15, 0.2) is 24.3 Å². The van der Waals surface area contributed by atoms with Crippen molar-refractivity contribution in [3.8, 4) is 0 Å². The van der Waals surface area contributed by atoms with Crippen molar-refractivity contribution in [2.24, 2.45) is 5.92 Å². The normalized spacial score (nSPS) is 11.7. The monoisotopic (exact) mass is 326 g/mol. The molecule has 120 valence electrons. The van der Waals surface area contributed by atoms with Crippen molar-refractivity contribution in [3.05, 3.63) is 34.9 Å². The van der Waals surface area contributed by atoms with Gasteiger partial charge in [0.15, 0.2) is 6.61 Å². The molecule has 0 heterocycles. The van der Waals surface area contributed by atoms with Crippen LogP contribution in [0.3, 0.4) is 0 Å². The third-order valence-electron chi connectivity index (χ3n) is 2.87. The van der Waals surface area contributed by atoms with Crippen molar-refractivity contribution in [1.82, 2.24) is 10.9 Å². The Labute approximate surface area is 134 Å². The maximum Gasteiger partial charge on any atom is 0.314 e. The largest absolute Gasteiger partial charge is 0.455 e. The fraction of sp³-hybridized carbons (Fsp3) is 0.400. The van der Waals surface area contributed by atoms with Crippen molar-refractivity contribution >= 4 is 29.4 Å². The maximum atomic E-state index is 12.2.